The molecule has 88 valence electrons. The van der Waals surface area contributed by atoms with Gasteiger partial charge in [-0.05, 0) is 37.8 Å². The minimum absolute atomic E-state index is 0.166. The summed E-state index contributed by atoms with van der Waals surface area (Å²) in [6.45, 7) is 4.17. The predicted octanol–water partition coefficient (Wildman–Crippen LogP) is 2.77. The monoisotopic (exact) mass is 219 g/mol. The zero-order chi connectivity index (χ0) is 11.8. The molecule has 0 aromatic heterocycles. The molecular formula is C14H21NO. The highest BCUT2D eigenvalue weighted by atomic mass is 16.5. The molecule has 1 aromatic rings. The van der Waals surface area contributed by atoms with Crippen LogP contribution in [-0.4, -0.2) is 13.2 Å². The maximum Gasteiger partial charge on any atom is 0.0793 e. The van der Waals surface area contributed by atoms with Crippen molar-refractivity contribution < 1.29 is 4.74 Å². The Kier molecular flexibility index (Phi) is 3.04. The highest BCUT2D eigenvalue weighted by Crippen LogP contribution is 2.50. The van der Waals surface area contributed by atoms with E-state index in [1.807, 2.05) is 0 Å². The zero-order valence-corrected chi connectivity index (χ0v) is 10.4. The molecule has 2 atom stereocenters. The summed E-state index contributed by atoms with van der Waals surface area (Å²) in [4.78, 5) is 0. The summed E-state index contributed by atoms with van der Waals surface area (Å²) < 4.78 is 5.30. The SMILES string of the molecule is COC(C)c1ccc(C2(C(C)N)CC2)cc1. The average molecular weight is 219 g/mol. The van der Waals surface area contributed by atoms with Gasteiger partial charge in [0.15, 0.2) is 0 Å². The Bertz CT molecular complexity index is 352. The van der Waals surface area contributed by atoms with Gasteiger partial charge in [0.25, 0.3) is 0 Å². The highest BCUT2D eigenvalue weighted by molar-refractivity contribution is 5.36. The number of hydrogen-bond acceptors (Lipinski definition) is 2. The van der Waals surface area contributed by atoms with Gasteiger partial charge in [-0.2, -0.15) is 0 Å². The van der Waals surface area contributed by atoms with Crippen molar-refractivity contribution >= 4 is 0 Å². The van der Waals surface area contributed by atoms with Crippen molar-refractivity contribution in [2.45, 2.75) is 44.2 Å². The van der Waals surface area contributed by atoms with Crippen LogP contribution < -0.4 is 5.73 Å². The van der Waals surface area contributed by atoms with Crippen LogP contribution >= 0.6 is 0 Å². The lowest BCUT2D eigenvalue weighted by Gasteiger charge is -2.21. The number of methoxy groups -OCH3 is 1. The number of benzene rings is 1. The Balaban J connectivity index is 2.20. The van der Waals surface area contributed by atoms with Crippen LogP contribution in [0.5, 0.6) is 0 Å². The molecule has 2 N–H and O–H groups in total. The first kappa shape index (κ1) is 11.6. The number of nitrogens with two attached hydrogens (primary N) is 1. The third kappa shape index (κ3) is 1.87. The molecule has 2 heteroatoms. The van der Waals surface area contributed by atoms with Gasteiger partial charge in [0.05, 0.1) is 6.10 Å². The number of hydrogen-bond donors (Lipinski definition) is 1. The molecule has 2 unspecified atom stereocenters. The Labute approximate surface area is 97.8 Å². The summed E-state index contributed by atoms with van der Waals surface area (Å²) in [5, 5.41) is 0. The van der Waals surface area contributed by atoms with E-state index < -0.39 is 0 Å². The van der Waals surface area contributed by atoms with Crippen molar-refractivity contribution in [3.63, 3.8) is 0 Å². The standard InChI is InChI=1S/C14H21NO/c1-10(16-3)12-4-6-13(7-5-12)14(8-9-14)11(2)15/h4-7,10-11H,8-9,15H2,1-3H3. The topological polar surface area (TPSA) is 35.2 Å². The Hall–Kier alpha value is -0.860. The summed E-state index contributed by atoms with van der Waals surface area (Å²) in [6, 6.07) is 8.98. The van der Waals surface area contributed by atoms with Crippen LogP contribution in [-0.2, 0) is 10.2 Å². The Morgan fingerprint density at radius 1 is 1.19 bits per heavy atom. The zero-order valence-electron chi connectivity index (χ0n) is 10.4. The van der Waals surface area contributed by atoms with Crippen LogP contribution in [0.25, 0.3) is 0 Å². The lowest BCUT2D eigenvalue weighted by molar-refractivity contribution is 0.119. The van der Waals surface area contributed by atoms with Gasteiger partial charge in [0.1, 0.15) is 0 Å². The second-order valence-corrected chi connectivity index (χ2v) is 4.94. The van der Waals surface area contributed by atoms with Gasteiger partial charge >= 0.3 is 0 Å². The van der Waals surface area contributed by atoms with Gasteiger partial charge in [-0.1, -0.05) is 24.3 Å². The number of ether oxygens (including phenoxy) is 1. The average Bonchev–Trinajstić information content (AvgIpc) is 3.09. The second kappa shape index (κ2) is 4.19. The molecule has 0 radical (unpaired) electrons. The minimum atomic E-state index is 0.166. The van der Waals surface area contributed by atoms with Crippen LogP contribution in [0.4, 0.5) is 0 Å². The van der Waals surface area contributed by atoms with E-state index in [9.17, 15) is 0 Å². The molecule has 16 heavy (non-hydrogen) atoms. The first-order valence-corrected chi connectivity index (χ1v) is 5.99. The molecule has 0 spiro atoms. The minimum Gasteiger partial charge on any atom is -0.377 e. The van der Waals surface area contributed by atoms with E-state index in [-0.39, 0.29) is 17.6 Å². The van der Waals surface area contributed by atoms with Crippen molar-refractivity contribution in [2.75, 3.05) is 7.11 Å². The molecule has 0 heterocycles. The lowest BCUT2D eigenvalue weighted by Crippen LogP contribution is -2.31. The quantitative estimate of drug-likeness (QED) is 0.845. The Morgan fingerprint density at radius 2 is 1.75 bits per heavy atom. The van der Waals surface area contributed by atoms with E-state index in [0.717, 1.165) is 0 Å². The summed E-state index contributed by atoms with van der Waals surface area (Å²) in [5.41, 5.74) is 8.94. The third-order valence-electron chi connectivity index (χ3n) is 3.97. The molecule has 2 rings (SSSR count). The summed E-state index contributed by atoms with van der Waals surface area (Å²) in [7, 11) is 1.74. The molecule has 1 aromatic carbocycles. The molecule has 2 nitrogen and oxygen atoms in total. The van der Waals surface area contributed by atoms with Crippen molar-refractivity contribution in [3.05, 3.63) is 35.4 Å². The van der Waals surface area contributed by atoms with Crippen molar-refractivity contribution in [1.82, 2.24) is 0 Å². The van der Waals surface area contributed by atoms with Crippen LogP contribution in [0.15, 0.2) is 24.3 Å². The van der Waals surface area contributed by atoms with Crippen molar-refractivity contribution in [1.29, 1.82) is 0 Å². The van der Waals surface area contributed by atoms with Gasteiger partial charge in [0.2, 0.25) is 0 Å². The molecule has 0 saturated heterocycles. The fourth-order valence-electron chi connectivity index (χ4n) is 2.36. The summed E-state index contributed by atoms with van der Waals surface area (Å²) in [6.07, 6.45) is 2.62. The van der Waals surface area contributed by atoms with Gasteiger partial charge < -0.3 is 10.5 Å². The van der Waals surface area contributed by atoms with Gasteiger partial charge in [-0.15, -0.1) is 0 Å². The molecule has 0 aliphatic heterocycles. The largest absolute Gasteiger partial charge is 0.377 e. The van der Waals surface area contributed by atoms with Crippen LogP contribution in [0.1, 0.15) is 43.9 Å². The lowest BCUT2D eigenvalue weighted by atomic mass is 9.89. The predicted molar refractivity (Wildman–Crippen MR) is 66.4 cm³/mol. The van der Waals surface area contributed by atoms with Crippen molar-refractivity contribution in [2.24, 2.45) is 5.73 Å². The number of rotatable bonds is 4. The van der Waals surface area contributed by atoms with E-state index in [0.29, 0.717) is 0 Å². The third-order valence-corrected chi connectivity index (χ3v) is 3.97. The molecule has 1 aliphatic rings. The summed E-state index contributed by atoms with van der Waals surface area (Å²) in [5.74, 6) is 0. The maximum absolute atomic E-state index is 6.06. The van der Waals surface area contributed by atoms with E-state index >= 15 is 0 Å². The molecule has 0 bridgehead atoms. The Morgan fingerprint density at radius 3 is 2.12 bits per heavy atom. The van der Waals surface area contributed by atoms with E-state index in [4.69, 9.17) is 10.5 Å². The first-order chi connectivity index (χ1) is 7.60. The molecule has 1 aliphatic carbocycles. The molecule has 1 saturated carbocycles. The fraction of sp³-hybridized carbons (Fsp3) is 0.571. The maximum atomic E-state index is 6.06. The van der Waals surface area contributed by atoms with Crippen LogP contribution in [0.3, 0.4) is 0 Å². The van der Waals surface area contributed by atoms with Crippen molar-refractivity contribution in [3.8, 4) is 0 Å². The summed E-state index contributed by atoms with van der Waals surface area (Å²) >= 11 is 0. The fourth-order valence-corrected chi connectivity index (χ4v) is 2.36. The molecule has 0 amide bonds. The highest BCUT2D eigenvalue weighted by Gasteiger charge is 2.47. The van der Waals surface area contributed by atoms with E-state index in [1.54, 1.807) is 7.11 Å². The smallest absolute Gasteiger partial charge is 0.0793 e. The first-order valence-electron chi connectivity index (χ1n) is 5.99. The van der Waals surface area contributed by atoms with Gasteiger partial charge in [0, 0.05) is 18.6 Å². The van der Waals surface area contributed by atoms with Gasteiger partial charge in [-0.25, -0.2) is 0 Å². The van der Waals surface area contributed by atoms with Crippen LogP contribution in [0.2, 0.25) is 0 Å². The second-order valence-electron chi connectivity index (χ2n) is 4.94. The molecule has 1 fully saturated rings. The van der Waals surface area contributed by atoms with E-state index in [2.05, 4.69) is 38.1 Å². The van der Waals surface area contributed by atoms with Gasteiger partial charge in [-0.3, -0.25) is 0 Å². The normalized spacial score (nSPS) is 21.5. The van der Waals surface area contributed by atoms with Crippen LogP contribution in [0, 0.1) is 0 Å². The van der Waals surface area contributed by atoms with E-state index in [1.165, 1.54) is 24.0 Å². The molecular weight excluding hydrogens is 198 g/mol.